The summed E-state index contributed by atoms with van der Waals surface area (Å²) in [4.78, 5) is 20.0. The molecule has 3 aromatic carbocycles. The summed E-state index contributed by atoms with van der Waals surface area (Å²) < 4.78 is 34.7. The number of fused-ring (bicyclic) bond motifs is 1. The van der Waals surface area contributed by atoms with Crippen LogP contribution in [0.3, 0.4) is 0 Å². The molecule has 1 aromatic heterocycles. The van der Waals surface area contributed by atoms with Gasteiger partial charge in [-0.1, -0.05) is 45.7 Å². The maximum atomic E-state index is 13.6. The third-order valence-corrected chi connectivity index (χ3v) is 8.88. The van der Waals surface area contributed by atoms with E-state index in [1.807, 2.05) is 24.3 Å². The lowest BCUT2D eigenvalue weighted by atomic mass is 10.00. The number of carbonyl (C=O) groups excluding carboxylic acids is 1. The third-order valence-electron chi connectivity index (χ3n) is 5.86. The Morgan fingerprint density at radius 1 is 1.11 bits per heavy atom. The minimum atomic E-state index is -3.93. The monoisotopic (exact) mass is 574 g/mol. The Hall–Kier alpha value is -2.76. The van der Waals surface area contributed by atoms with Crippen molar-refractivity contribution in [2.45, 2.75) is 4.90 Å². The minimum absolute atomic E-state index is 0.00715. The molecule has 35 heavy (non-hydrogen) atoms. The maximum Gasteiger partial charge on any atom is 0.250 e. The number of aromatic nitrogens is 2. The van der Waals surface area contributed by atoms with E-state index in [1.54, 1.807) is 18.2 Å². The van der Waals surface area contributed by atoms with Crippen molar-refractivity contribution in [2.75, 3.05) is 26.3 Å². The van der Waals surface area contributed by atoms with Crippen molar-refractivity contribution in [3.8, 4) is 22.5 Å². The highest BCUT2D eigenvalue weighted by Gasteiger charge is 2.31. The van der Waals surface area contributed by atoms with E-state index in [0.29, 0.717) is 30.2 Å². The molecule has 0 aliphatic carbocycles. The van der Waals surface area contributed by atoms with E-state index in [4.69, 9.17) is 22.1 Å². The van der Waals surface area contributed by atoms with Gasteiger partial charge in [0.2, 0.25) is 15.9 Å². The molecule has 0 spiro atoms. The molecule has 0 unspecified atom stereocenters. The average Bonchev–Trinajstić information content (AvgIpc) is 3.28. The third kappa shape index (κ3) is 4.36. The number of rotatable bonds is 5. The highest BCUT2D eigenvalue weighted by atomic mass is 79.9. The highest BCUT2D eigenvalue weighted by Crippen LogP contribution is 2.40. The first-order chi connectivity index (χ1) is 16.8. The second-order valence-electron chi connectivity index (χ2n) is 7.98. The molecule has 0 atom stereocenters. The van der Waals surface area contributed by atoms with Gasteiger partial charge in [0.25, 0.3) is 0 Å². The van der Waals surface area contributed by atoms with Gasteiger partial charge in [0, 0.05) is 28.7 Å². The van der Waals surface area contributed by atoms with Crippen LogP contribution in [0, 0.1) is 0 Å². The number of amides is 1. The zero-order valence-electron chi connectivity index (χ0n) is 18.3. The number of hydrogen-bond acceptors (Lipinski definition) is 5. The standard InChI is InChI=1S/C24H20BrClN4O4S/c25-17-7-5-14(13-16(17)24-28-18-3-1-2-4-19(18)29-24)21-20(8-6-15(22(21)26)23(27)31)35(32,33)30-9-11-34-12-10-30/h1-8,13H,9-12H2,(H2,27,31)(H,28,29). The van der Waals surface area contributed by atoms with E-state index >= 15 is 0 Å². The predicted molar refractivity (Wildman–Crippen MR) is 138 cm³/mol. The van der Waals surface area contributed by atoms with Crippen LogP contribution in [0.4, 0.5) is 0 Å². The molecule has 1 aliphatic heterocycles. The molecular formula is C24H20BrClN4O4S. The van der Waals surface area contributed by atoms with Gasteiger partial charge < -0.3 is 15.5 Å². The molecule has 1 amide bonds. The molecule has 3 N–H and O–H groups in total. The van der Waals surface area contributed by atoms with E-state index < -0.39 is 15.9 Å². The summed E-state index contributed by atoms with van der Waals surface area (Å²) in [5, 5.41) is -0.0234. The molecule has 0 saturated carbocycles. The summed E-state index contributed by atoms with van der Waals surface area (Å²) in [7, 11) is -3.93. The maximum absolute atomic E-state index is 13.6. The smallest absolute Gasteiger partial charge is 0.250 e. The van der Waals surface area contributed by atoms with Gasteiger partial charge in [0.15, 0.2) is 0 Å². The lowest BCUT2D eigenvalue weighted by molar-refractivity contribution is 0.0730. The normalized spacial score (nSPS) is 14.9. The Morgan fingerprint density at radius 3 is 2.57 bits per heavy atom. The molecule has 0 bridgehead atoms. The molecule has 1 aliphatic rings. The van der Waals surface area contributed by atoms with Crippen LogP contribution in [0.1, 0.15) is 10.4 Å². The lowest BCUT2D eigenvalue weighted by Crippen LogP contribution is -2.40. The molecular weight excluding hydrogens is 556 g/mol. The predicted octanol–water partition coefficient (Wildman–Crippen LogP) is 4.43. The molecule has 5 rings (SSSR count). The van der Waals surface area contributed by atoms with Crippen LogP contribution in [0.2, 0.25) is 5.02 Å². The van der Waals surface area contributed by atoms with Gasteiger partial charge >= 0.3 is 0 Å². The fraction of sp³-hybridized carbons (Fsp3) is 0.167. The van der Waals surface area contributed by atoms with Crippen LogP contribution in [0.5, 0.6) is 0 Å². The van der Waals surface area contributed by atoms with Gasteiger partial charge in [0.1, 0.15) is 5.82 Å². The molecule has 4 aromatic rings. The van der Waals surface area contributed by atoms with Crippen molar-refractivity contribution in [1.29, 1.82) is 0 Å². The number of benzene rings is 3. The number of nitrogens with one attached hydrogen (secondary N) is 1. The Kier molecular flexibility index (Phi) is 6.41. The van der Waals surface area contributed by atoms with Gasteiger partial charge in [-0.3, -0.25) is 4.79 Å². The van der Waals surface area contributed by atoms with Gasteiger partial charge in [0.05, 0.1) is 39.7 Å². The number of ether oxygens (including phenoxy) is 1. The molecule has 2 heterocycles. The van der Waals surface area contributed by atoms with Crippen molar-refractivity contribution in [2.24, 2.45) is 5.73 Å². The Balaban J connectivity index is 1.72. The number of morpholine rings is 1. The van der Waals surface area contributed by atoms with Crippen LogP contribution >= 0.6 is 27.5 Å². The molecule has 0 radical (unpaired) electrons. The van der Waals surface area contributed by atoms with Crippen LogP contribution in [0.15, 0.2) is 64.0 Å². The number of carbonyl (C=O) groups is 1. The number of nitrogens with two attached hydrogens (primary N) is 1. The number of halogens is 2. The van der Waals surface area contributed by atoms with Crippen molar-refractivity contribution in [1.82, 2.24) is 14.3 Å². The van der Waals surface area contributed by atoms with E-state index in [9.17, 15) is 13.2 Å². The number of para-hydroxylation sites is 2. The number of nitrogens with zero attached hydrogens (tertiary/aromatic N) is 2. The van der Waals surface area contributed by atoms with Crippen molar-refractivity contribution < 1.29 is 17.9 Å². The summed E-state index contributed by atoms with van der Waals surface area (Å²) in [6.45, 7) is 1.05. The van der Waals surface area contributed by atoms with E-state index in [-0.39, 0.29) is 34.1 Å². The second-order valence-corrected chi connectivity index (χ2v) is 11.1. The zero-order chi connectivity index (χ0) is 24.7. The Labute approximate surface area is 215 Å². The van der Waals surface area contributed by atoms with Gasteiger partial charge in [-0.25, -0.2) is 13.4 Å². The van der Waals surface area contributed by atoms with Crippen LogP contribution in [0.25, 0.3) is 33.5 Å². The van der Waals surface area contributed by atoms with Crippen LogP contribution in [-0.4, -0.2) is 54.9 Å². The van der Waals surface area contributed by atoms with Crippen molar-refractivity contribution in [3.05, 3.63) is 69.7 Å². The van der Waals surface area contributed by atoms with E-state index in [1.165, 1.54) is 16.4 Å². The number of imidazole rings is 1. The van der Waals surface area contributed by atoms with Gasteiger partial charge in [-0.15, -0.1) is 0 Å². The van der Waals surface area contributed by atoms with Crippen LogP contribution in [-0.2, 0) is 14.8 Å². The Bertz CT molecular complexity index is 1530. The summed E-state index contributed by atoms with van der Waals surface area (Å²) >= 11 is 10.2. The second kappa shape index (κ2) is 9.36. The summed E-state index contributed by atoms with van der Waals surface area (Å²) in [6, 6.07) is 15.7. The summed E-state index contributed by atoms with van der Waals surface area (Å²) in [5.74, 6) is -0.152. The molecule has 1 saturated heterocycles. The van der Waals surface area contributed by atoms with Gasteiger partial charge in [-0.05, 0) is 42.0 Å². The molecule has 11 heteroatoms. The van der Waals surface area contributed by atoms with E-state index in [0.717, 1.165) is 15.5 Å². The Morgan fingerprint density at radius 2 is 1.86 bits per heavy atom. The fourth-order valence-electron chi connectivity index (χ4n) is 4.10. The number of aromatic amines is 1. The number of H-pyrrole nitrogens is 1. The minimum Gasteiger partial charge on any atom is -0.379 e. The number of hydrogen-bond donors (Lipinski definition) is 2. The average molecular weight is 576 g/mol. The number of primary amides is 1. The first-order valence-electron chi connectivity index (χ1n) is 10.7. The topological polar surface area (TPSA) is 118 Å². The van der Waals surface area contributed by atoms with Crippen molar-refractivity contribution in [3.63, 3.8) is 0 Å². The van der Waals surface area contributed by atoms with E-state index in [2.05, 4.69) is 25.9 Å². The molecule has 180 valence electrons. The SMILES string of the molecule is NC(=O)c1ccc(S(=O)(=O)N2CCOCC2)c(-c2ccc(Br)c(-c3nc4ccccc4[nH]3)c2)c1Cl. The van der Waals surface area contributed by atoms with Crippen molar-refractivity contribution >= 4 is 54.5 Å². The summed E-state index contributed by atoms with van der Waals surface area (Å²) in [6.07, 6.45) is 0. The quantitative estimate of drug-likeness (QED) is 0.365. The van der Waals surface area contributed by atoms with Crippen LogP contribution < -0.4 is 5.73 Å². The fourth-order valence-corrected chi connectivity index (χ4v) is 6.58. The molecule has 1 fully saturated rings. The largest absolute Gasteiger partial charge is 0.379 e. The summed E-state index contributed by atoms with van der Waals surface area (Å²) in [5.41, 5.74) is 8.64. The van der Waals surface area contributed by atoms with Gasteiger partial charge in [-0.2, -0.15) is 4.31 Å². The highest BCUT2D eigenvalue weighted by molar-refractivity contribution is 9.10. The molecule has 8 nitrogen and oxygen atoms in total. The first-order valence-corrected chi connectivity index (χ1v) is 13.3. The first kappa shape index (κ1) is 24.0. The number of sulfonamides is 1. The zero-order valence-corrected chi connectivity index (χ0v) is 21.5. The lowest BCUT2D eigenvalue weighted by Gasteiger charge is -2.27.